The van der Waals surface area contributed by atoms with E-state index in [4.69, 9.17) is 4.52 Å². The summed E-state index contributed by atoms with van der Waals surface area (Å²) in [6.45, 7) is 2.13. The van der Waals surface area contributed by atoms with E-state index in [2.05, 4.69) is 39.4 Å². The Labute approximate surface area is 161 Å². The van der Waals surface area contributed by atoms with Crippen molar-refractivity contribution < 1.29 is 4.52 Å². The van der Waals surface area contributed by atoms with Gasteiger partial charge >= 0.3 is 0 Å². The zero-order valence-corrected chi connectivity index (χ0v) is 16.0. The highest BCUT2D eigenvalue weighted by Crippen LogP contribution is 2.25. The highest BCUT2D eigenvalue weighted by Gasteiger charge is 2.14. The fourth-order valence-corrected chi connectivity index (χ4v) is 3.47. The van der Waals surface area contributed by atoms with Gasteiger partial charge < -0.3 is 9.09 Å². The first-order chi connectivity index (χ1) is 13.2. The van der Waals surface area contributed by atoms with Crippen molar-refractivity contribution in [2.75, 3.05) is 0 Å². The maximum atomic E-state index is 5.39. The average Bonchev–Trinajstić information content (AvgIpc) is 3.34. The van der Waals surface area contributed by atoms with Crippen LogP contribution in [-0.2, 0) is 19.2 Å². The molecule has 0 radical (unpaired) electrons. The summed E-state index contributed by atoms with van der Waals surface area (Å²) in [5.74, 6) is 2.55. The Kier molecular flexibility index (Phi) is 5.02. The van der Waals surface area contributed by atoms with Crippen molar-refractivity contribution in [2.45, 2.75) is 24.3 Å². The van der Waals surface area contributed by atoms with Crippen molar-refractivity contribution in [2.24, 2.45) is 7.05 Å². The smallest absolute Gasteiger partial charge is 0.237 e. The Morgan fingerprint density at radius 2 is 1.74 bits per heavy atom. The predicted molar refractivity (Wildman–Crippen MR) is 105 cm³/mol. The molecule has 0 N–H and O–H groups in total. The Balaban J connectivity index is 1.45. The van der Waals surface area contributed by atoms with Crippen LogP contribution in [0.2, 0.25) is 0 Å². The molecule has 0 fully saturated rings. The summed E-state index contributed by atoms with van der Waals surface area (Å²) in [5, 5.41) is 13.5. The Morgan fingerprint density at radius 1 is 0.963 bits per heavy atom. The Morgan fingerprint density at radius 3 is 2.48 bits per heavy atom. The van der Waals surface area contributed by atoms with Crippen LogP contribution in [0.5, 0.6) is 0 Å². The third-order valence-electron chi connectivity index (χ3n) is 4.28. The lowest BCUT2D eigenvalue weighted by molar-refractivity contribution is 0.391. The van der Waals surface area contributed by atoms with Crippen LogP contribution in [-0.4, -0.2) is 24.9 Å². The molecule has 0 amide bonds. The van der Waals surface area contributed by atoms with Crippen LogP contribution < -0.4 is 0 Å². The Bertz CT molecular complexity index is 1020. The summed E-state index contributed by atoms with van der Waals surface area (Å²) in [5.41, 5.74) is 3.28. The minimum atomic E-state index is 0.542. The number of aromatic nitrogens is 5. The second kappa shape index (κ2) is 7.75. The van der Waals surface area contributed by atoms with E-state index in [-0.39, 0.29) is 0 Å². The molecule has 136 valence electrons. The summed E-state index contributed by atoms with van der Waals surface area (Å²) in [6, 6.07) is 18.2. The lowest BCUT2D eigenvalue weighted by Gasteiger charge is -2.02. The van der Waals surface area contributed by atoms with Gasteiger partial charge in [-0.2, -0.15) is 4.98 Å². The summed E-state index contributed by atoms with van der Waals surface area (Å²) < 4.78 is 7.36. The molecule has 4 aromatic rings. The lowest BCUT2D eigenvalue weighted by Crippen LogP contribution is -1.95. The van der Waals surface area contributed by atoms with Gasteiger partial charge in [-0.05, 0) is 12.0 Å². The number of hydrogen-bond acceptors (Lipinski definition) is 6. The second-order valence-corrected chi connectivity index (χ2v) is 7.02. The third-order valence-corrected chi connectivity index (χ3v) is 5.29. The van der Waals surface area contributed by atoms with Crippen LogP contribution in [0.15, 0.2) is 64.3 Å². The summed E-state index contributed by atoms with van der Waals surface area (Å²) >= 11 is 1.52. The minimum Gasteiger partial charge on any atom is -0.338 e. The van der Waals surface area contributed by atoms with Crippen LogP contribution in [0.4, 0.5) is 0 Å². The van der Waals surface area contributed by atoms with Gasteiger partial charge in [0.15, 0.2) is 11.0 Å². The fraction of sp³-hybridized carbons (Fsp3) is 0.200. The monoisotopic (exact) mass is 377 g/mol. The number of hydrogen-bond donors (Lipinski definition) is 0. The molecule has 0 aliphatic heterocycles. The average molecular weight is 377 g/mol. The molecule has 7 heteroatoms. The number of rotatable bonds is 6. The predicted octanol–water partition coefficient (Wildman–Crippen LogP) is 4.39. The van der Waals surface area contributed by atoms with Gasteiger partial charge in [-0.1, -0.05) is 78.4 Å². The molecule has 0 spiro atoms. The van der Waals surface area contributed by atoms with Gasteiger partial charge in [0, 0.05) is 18.2 Å². The molecule has 2 aromatic carbocycles. The van der Waals surface area contributed by atoms with E-state index < -0.39 is 0 Å². The SMILES string of the molecule is CCc1ccc(-c2noc(CSc3nnc(-c4ccccc4)n3C)n2)cc1. The normalized spacial score (nSPS) is 11.0. The van der Waals surface area contributed by atoms with Crippen molar-refractivity contribution in [3.05, 3.63) is 66.1 Å². The van der Waals surface area contributed by atoms with E-state index in [1.54, 1.807) is 0 Å². The molecule has 0 atom stereocenters. The van der Waals surface area contributed by atoms with Gasteiger partial charge in [0.1, 0.15) is 0 Å². The number of thioether (sulfide) groups is 1. The van der Waals surface area contributed by atoms with Gasteiger partial charge in [0.2, 0.25) is 11.7 Å². The molecule has 6 nitrogen and oxygen atoms in total. The first-order valence-electron chi connectivity index (χ1n) is 8.74. The molecule has 2 aromatic heterocycles. The first kappa shape index (κ1) is 17.5. The van der Waals surface area contributed by atoms with Crippen LogP contribution in [0, 0.1) is 0 Å². The molecular formula is C20H19N5OS. The standard InChI is InChI=1S/C20H19N5OS/c1-3-14-9-11-15(12-10-14)18-21-17(26-24-18)13-27-20-23-22-19(25(20)2)16-7-5-4-6-8-16/h4-12H,3,13H2,1-2H3. The van der Waals surface area contributed by atoms with Crippen molar-refractivity contribution >= 4 is 11.8 Å². The minimum absolute atomic E-state index is 0.542. The highest BCUT2D eigenvalue weighted by molar-refractivity contribution is 7.98. The summed E-state index contributed by atoms with van der Waals surface area (Å²) in [6.07, 6.45) is 1.01. The summed E-state index contributed by atoms with van der Waals surface area (Å²) in [7, 11) is 1.96. The van der Waals surface area contributed by atoms with Gasteiger partial charge in [0.05, 0.1) is 5.75 Å². The molecule has 0 bridgehead atoms. The van der Waals surface area contributed by atoms with E-state index in [9.17, 15) is 0 Å². The third kappa shape index (κ3) is 3.78. The fourth-order valence-electron chi connectivity index (χ4n) is 2.73. The second-order valence-electron chi connectivity index (χ2n) is 6.08. The molecule has 4 rings (SSSR count). The van der Waals surface area contributed by atoms with Gasteiger partial charge in [0.25, 0.3) is 0 Å². The quantitative estimate of drug-likeness (QED) is 0.464. The molecule has 2 heterocycles. The number of aryl methyl sites for hydroxylation is 1. The van der Waals surface area contributed by atoms with Crippen LogP contribution in [0.1, 0.15) is 18.4 Å². The molecule has 27 heavy (non-hydrogen) atoms. The zero-order chi connectivity index (χ0) is 18.6. The number of benzene rings is 2. The van der Waals surface area contributed by atoms with E-state index in [0.29, 0.717) is 17.5 Å². The van der Waals surface area contributed by atoms with Crippen LogP contribution in [0.25, 0.3) is 22.8 Å². The largest absolute Gasteiger partial charge is 0.338 e. The van der Waals surface area contributed by atoms with E-state index >= 15 is 0 Å². The topological polar surface area (TPSA) is 69.6 Å². The van der Waals surface area contributed by atoms with Crippen molar-refractivity contribution in [1.82, 2.24) is 24.9 Å². The van der Waals surface area contributed by atoms with Crippen molar-refractivity contribution in [3.8, 4) is 22.8 Å². The lowest BCUT2D eigenvalue weighted by atomic mass is 10.1. The van der Waals surface area contributed by atoms with Crippen LogP contribution in [0.3, 0.4) is 0 Å². The van der Waals surface area contributed by atoms with Crippen molar-refractivity contribution in [3.63, 3.8) is 0 Å². The van der Waals surface area contributed by atoms with Crippen LogP contribution >= 0.6 is 11.8 Å². The molecule has 0 aliphatic carbocycles. The molecule has 0 saturated heterocycles. The van der Waals surface area contributed by atoms with E-state index in [1.807, 2.05) is 54.1 Å². The van der Waals surface area contributed by atoms with E-state index in [1.165, 1.54) is 17.3 Å². The maximum absolute atomic E-state index is 5.39. The summed E-state index contributed by atoms with van der Waals surface area (Å²) in [4.78, 5) is 4.49. The first-order valence-corrected chi connectivity index (χ1v) is 9.72. The molecule has 0 unspecified atom stereocenters. The van der Waals surface area contributed by atoms with Gasteiger partial charge in [-0.15, -0.1) is 10.2 Å². The maximum Gasteiger partial charge on any atom is 0.237 e. The highest BCUT2D eigenvalue weighted by atomic mass is 32.2. The van der Waals surface area contributed by atoms with E-state index in [0.717, 1.165) is 28.5 Å². The van der Waals surface area contributed by atoms with Crippen molar-refractivity contribution in [1.29, 1.82) is 0 Å². The number of nitrogens with zero attached hydrogens (tertiary/aromatic N) is 5. The van der Waals surface area contributed by atoms with Gasteiger partial charge in [-0.25, -0.2) is 0 Å². The molecular weight excluding hydrogens is 358 g/mol. The Hall–Kier alpha value is -2.93. The molecule has 0 saturated carbocycles. The zero-order valence-electron chi connectivity index (χ0n) is 15.2. The molecule has 0 aliphatic rings. The van der Waals surface area contributed by atoms with Gasteiger partial charge in [-0.3, -0.25) is 0 Å².